The number of anilines is 1. The number of hydrogen-bond donors (Lipinski definition) is 1. The van der Waals surface area contributed by atoms with Crippen molar-refractivity contribution in [3.8, 4) is 5.75 Å². The van der Waals surface area contributed by atoms with Crippen molar-refractivity contribution in [2.24, 2.45) is 0 Å². The largest absolute Gasteiger partial charge is 0.482 e. The van der Waals surface area contributed by atoms with Crippen molar-refractivity contribution < 1.29 is 18.7 Å². The van der Waals surface area contributed by atoms with Crippen LogP contribution in [0.1, 0.15) is 57.8 Å². The molecule has 2 aromatic carbocycles. The fraction of sp³-hybridized carbons (Fsp3) is 0.280. The molecule has 0 bridgehead atoms. The van der Waals surface area contributed by atoms with Crippen LogP contribution in [-0.2, 0) is 6.42 Å². The molecule has 1 unspecified atom stereocenters. The molecule has 1 amide bonds. The van der Waals surface area contributed by atoms with E-state index < -0.39 is 11.9 Å². The molecule has 10 heteroatoms. The molecule has 1 saturated heterocycles. The van der Waals surface area contributed by atoms with Gasteiger partial charge in [0.25, 0.3) is 5.91 Å². The van der Waals surface area contributed by atoms with Gasteiger partial charge in [0.05, 0.1) is 5.02 Å². The van der Waals surface area contributed by atoms with Gasteiger partial charge in [-0.05, 0) is 49.6 Å². The second kappa shape index (κ2) is 10.6. The molecule has 1 atom stereocenters. The Labute approximate surface area is 212 Å². The fourth-order valence-corrected chi connectivity index (χ4v) is 4.60. The average molecular weight is 517 g/mol. The SMILES string of the molecule is CC(Oc1cc(C(=O)Cc2ccc(C(=O)N3CCCC3)cc2)nnc1N)c1c(Cl)ccc(F)c1Cl. The number of Topliss-reactive ketones (excluding diaryl/α,β-unsaturated/α-hetero) is 1. The van der Waals surface area contributed by atoms with Crippen molar-refractivity contribution in [1.82, 2.24) is 15.1 Å². The number of hydrogen-bond acceptors (Lipinski definition) is 6. The Morgan fingerprint density at radius 3 is 2.49 bits per heavy atom. The number of likely N-dealkylation sites (tertiary alicyclic amines) is 1. The van der Waals surface area contributed by atoms with Gasteiger partial charge in [0, 0.05) is 41.7 Å². The summed E-state index contributed by atoms with van der Waals surface area (Å²) in [6.45, 7) is 3.17. The molecule has 4 rings (SSSR count). The van der Waals surface area contributed by atoms with Gasteiger partial charge in [0.1, 0.15) is 17.6 Å². The number of ketones is 1. The van der Waals surface area contributed by atoms with Gasteiger partial charge < -0.3 is 15.4 Å². The summed E-state index contributed by atoms with van der Waals surface area (Å²) >= 11 is 12.2. The van der Waals surface area contributed by atoms with Gasteiger partial charge in [-0.3, -0.25) is 9.59 Å². The summed E-state index contributed by atoms with van der Waals surface area (Å²) < 4.78 is 19.7. The first-order valence-corrected chi connectivity index (χ1v) is 11.8. The third kappa shape index (κ3) is 5.55. The second-order valence-electron chi connectivity index (χ2n) is 8.29. The zero-order chi connectivity index (χ0) is 25.1. The van der Waals surface area contributed by atoms with Crippen LogP contribution in [-0.4, -0.2) is 39.9 Å². The summed E-state index contributed by atoms with van der Waals surface area (Å²) in [6.07, 6.45) is 1.32. The number of rotatable bonds is 7. The topological polar surface area (TPSA) is 98.4 Å². The highest BCUT2D eigenvalue weighted by atomic mass is 35.5. The molecule has 0 radical (unpaired) electrons. The highest BCUT2D eigenvalue weighted by Gasteiger charge is 2.22. The van der Waals surface area contributed by atoms with E-state index in [0.29, 0.717) is 5.56 Å². The second-order valence-corrected chi connectivity index (χ2v) is 9.08. The quantitative estimate of drug-likeness (QED) is 0.337. The number of carbonyl (C=O) groups is 2. The number of amides is 1. The minimum atomic E-state index is -0.777. The van der Waals surface area contributed by atoms with Gasteiger partial charge in [-0.2, -0.15) is 0 Å². The van der Waals surface area contributed by atoms with Crippen molar-refractivity contribution in [1.29, 1.82) is 0 Å². The molecule has 182 valence electrons. The molecular formula is C25H23Cl2FN4O3. The zero-order valence-corrected chi connectivity index (χ0v) is 20.4. The highest BCUT2D eigenvalue weighted by molar-refractivity contribution is 6.36. The Bertz CT molecular complexity index is 1260. The summed E-state index contributed by atoms with van der Waals surface area (Å²) in [5.74, 6) is -0.887. The van der Waals surface area contributed by atoms with Crippen LogP contribution in [0.15, 0.2) is 42.5 Å². The molecule has 0 saturated carbocycles. The lowest BCUT2D eigenvalue weighted by atomic mass is 10.0. The minimum absolute atomic E-state index is 0.000748. The first kappa shape index (κ1) is 24.9. The molecule has 1 aliphatic heterocycles. The number of ether oxygens (including phenoxy) is 1. The Morgan fingerprint density at radius 1 is 1.11 bits per heavy atom. The Hall–Kier alpha value is -3.23. The lowest BCUT2D eigenvalue weighted by Crippen LogP contribution is -2.27. The molecule has 2 heterocycles. The Morgan fingerprint density at radius 2 is 1.80 bits per heavy atom. The number of nitrogens with zero attached hydrogens (tertiary/aromatic N) is 3. The zero-order valence-electron chi connectivity index (χ0n) is 18.9. The van der Waals surface area contributed by atoms with Crippen molar-refractivity contribution in [3.63, 3.8) is 0 Å². The van der Waals surface area contributed by atoms with Crippen molar-refractivity contribution in [2.45, 2.75) is 32.3 Å². The molecule has 1 aromatic heterocycles. The van der Waals surface area contributed by atoms with E-state index in [-0.39, 0.29) is 51.0 Å². The number of carbonyl (C=O) groups excluding carboxylic acids is 2. The van der Waals surface area contributed by atoms with Crippen molar-refractivity contribution in [3.05, 3.63) is 80.7 Å². The molecule has 7 nitrogen and oxygen atoms in total. The predicted molar refractivity (Wildman–Crippen MR) is 132 cm³/mol. The number of nitrogen functional groups attached to an aromatic ring is 1. The van der Waals surface area contributed by atoms with Crippen LogP contribution in [0.3, 0.4) is 0 Å². The van der Waals surface area contributed by atoms with Gasteiger partial charge in [0.2, 0.25) is 0 Å². The Kier molecular flexibility index (Phi) is 7.52. The maximum absolute atomic E-state index is 13.9. The van der Waals surface area contributed by atoms with Crippen LogP contribution in [0.4, 0.5) is 10.2 Å². The van der Waals surface area contributed by atoms with E-state index in [0.717, 1.165) is 37.6 Å². The number of halogens is 3. The average Bonchev–Trinajstić information content (AvgIpc) is 3.38. The third-order valence-corrected chi connectivity index (χ3v) is 6.53. The smallest absolute Gasteiger partial charge is 0.253 e. The fourth-order valence-electron chi connectivity index (χ4n) is 3.92. The highest BCUT2D eigenvalue weighted by Crippen LogP contribution is 2.35. The lowest BCUT2D eigenvalue weighted by molar-refractivity contribution is 0.0792. The molecule has 35 heavy (non-hydrogen) atoms. The molecule has 0 aliphatic carbocycles. The van der Waals surface area contributed by atoms with Crippen molar-refractivity contribution in [2.75, 3.05) is 18.8 Å². The van der Waals surface area contributed by atoms with Gasteiger partial charge >= 0.3 is 0 Å². The summed E-state index contributed by atoms with van der Waals surface area (Å²) in [5, 5.41) is 7.78. The summed E-state index contributed by atoms with van der Waals surface area (Å²) in [6, 6.07) is 10.9. The van der Waals surface area contributed by atoms with Crippen LogP contribution in [0.25, 0.3) is 0 Å². The first-order chi connectivity index (χ1) is 16.7. The monoisotopic (exact) mass is 516 g/mol. The number of aromatic nitrogens is 2. The summed E-state index contributed by atoms with van der Waals surface area (Å²) in [7, 11) is 0. The van der Waals surface area contributed by atoms with Crippen LogP contribution >= 0.6 is 23.2 Å². The van der Waals surface area contributed by atoms with Gasteiger partial charge in [-0.25, -0.2) is 4.39 Å². The standard InChI is InChI=1S/C25H23Cl2FN4O3/c1-14(22-17(26)8-9-18(28)23(22)27)35-21-13-19(30-31-24(21)29)20(33)12-15-4-6-16(7-5-15)25(34)32-10-2-3-11-32/h4-9,13-14H,2-3,10-12H2,1H3,(H2,29,31). The molecular weight excluding hydrogens is 494 g/mol. The molecule has 1 fully saturated rings. The number of nitrogens with two attached hydrogens (primary N) is 1. The van der Waals surface area contributed by atoms with Gasteiger partial charge in [-0.1, -0.05) is 35.3 Å². The Balaban J connectivity index is 1.47. The maximum Gasteiger partial charge on any atom is 0.253 e. The first-order valence-electron chi connectivity index (χ1n) is 11.1. The van der Waals surface area contributed by atoms with Crippen LogP contribution in [0.5, 0.6) is 5.75 Å². The van der Waals surface area contributed by atoms with Gasteiger partial charge in [0.15, 0.2) is 17.4 Å². The molecule has 3 aromatic rings. The van der Waals surface area contributed by atoms with E-state index >= 15 is 0 Å². The normalized spacial score (nSPS) is 14.1. The molecule has 1 aliphatic rings. The van der Waals surface area contributed by atoms with E-state index in [1.165, 1.54) is 12.1 Å². The van der Waals surface area contributed by atoms with Crippen LogP contribution in [0, 0.1) is 5.82 Å². The van der Waals surface area contributed by atoms with Crippen LogP contribution < -0.4 is 10.5 Å². The predicted octanol–water partition coefficient (Wildman–Crippen LogP) is 5.31. The maximum atomic E-state index is 13.9. The lowest BCUT2D eigenvalue weighted by Gasteiger charge is -2.19. The van der Waals surface area contributed by atoms with E-state index in [1.54, 1.807) is 31.2 Å². The van der Waals surface area contributed by atoms with E-state index in [2.05, 4.69) is 10.2 Å². The van der Waals surface area contributed by atoms with Crippen molar-refractivity contribution >= 4 is 40.7 Å². The number of benzene rings is 2. The van der Waals surface area contributed by atoms with Crippen LogP contribution in [0.2, 0.25) is 10.0 Å². The summed E-state index contributed by atoms with van der Waals surface area (Å²) in [5.41, 5.74) is 7.50. The van der Waals surface area contributed by atoms with Gasteiger partial charge in [-0.15, -0.1) is 10.2 Å². The van der Waals surface area contributed by atoms with E-state index in [4.69, 9.17) is 33.7 Å². The molecule has 2 N–H and O–H groups in total. The van der Waals surface area contributed by atoms with E-state index in [9.17, 15) is 14.0 Å². The summed E-state index contributed by atoms with van der Waals surface area (Å²) in [4.78, 5) is 27.2. The third-order valence-electron chi connectivity index (χ3n) is 5.82. The minimum Gasteiger partial charge on any atom is -0.482 e. The van der Waals surface area contributed by atoms with E-state index in [1.807, 2.05) is 4.90 Å². The molecule has 0 spiro atoms.